The maximum Gasteiger partial charge on any atom is 0.133 e. The SMILES string of the molecule is Cn1nccc1CCC(=O)CC1CCCC1. The Labute approximate surface area is 96.8 Å². The van der Waals surface area contributed by atoms with Crippen LogP contribution in [0.1, 0.15) is 44.2 Å². The molecule has 3 heteroatoms. The molecule has 2 rings (SSSR count). The zero-order valence-corrected chi connectivity index (χ0v) is 9.98. The van der Waals surface area contributed by atoms with Gasteiger partial charge in [-0.3, -0.25) is 9.48 Å². The summed E-state index contributed by atoms with van der Waals surface area (Å²) in [7, 11) is 1.93. The minimum Gasteiger partial charge on any atom is -0.300 e. The van der Waals surface area contributed by atoms with Crippen molar-refractivity contribution >= 4 is 5.78 Å². The van der Waals surface area contributed by atoms with Gasteiger partial charge in [0.25, 0.3) is 0 Å². The zero-order chi connectivity index (χ0) is 11.4. The van der Waals surface area contributed by atoms with Crippen molar-refractivity contribution in [1.82, 2.24) is 9.78 Å². The van der Waals surface area contributed by atoms with Crippen molar-refractivity contribution in [2.45, 2.75) is 44.9 Å². The van der Waals surface area contributed by atoms with Crippen molar-refractivity contribution in [3.8, 4) is 0 Å². The second kappa shape index (κ2) is 5.28. The van der Waals surface area contributed by atoms with E-state index < -0.39 is 0 Å². The zero-order valence-electron chi connectivity index (χ0n) is 9.98. The lowest BCUT2D eigenvalue weighted by atomic mass is 9.98. The monoisotopic (exact) mass is 220 g/mol. The molecule has 0 aromatic carbocycles. The van der Waals surface area contributed by atoms with E-state index in [1.54, 1.807) is 6.20 Å². The molecule has 1 aromatic heterocycles. The van der Waals surface area contributed by atoms with Crippen LogP contribution < -0.4 is 0 Å². The fraction of sp³-hybridized carbons (Fsp3) is 0.692. The maximum absolute atomic E-state index is 11.8. The van der Waals surface area contributed by atoms with Gasteiger partial charge >= 0.3 is 0 Å². The van der Waals surface area contributed by atoms with Crippen molar-refractivity contribution in [3.63, 3.8) is 0 Å². The topological polar surface area (TPSA) is 34.9 Å². The predicted molar refractivity (Wildman–Crippen MR) is 63.1 cm³/mol. The Kier molecular flexibility index (Phi) is 3.75. The van der Waals surface area contributed by atoms with Gasteiger partial charge in [-0.05, 0) is 18.4 Å². The molecule has 0 spiro atoms. The van der Waals surface area contributed by atoms with Gasteiger partial charge in [-0.2, -0.15) is 5.10 Å². The van der Waals surface area contributed by atoms with Crippen molar-refractivity contribution in [1.29, 1.82) is 0 Å². The lowest BCUT2D eigenvalue weighted by Crippen LogP contribution is -2.08. The molecule has 1 aliphatic rings. The number of ketones is 1. The number of hydrogen-bond acceptors (Lipinski definition) is 2. The average molecular weight is 220 g/mol. The first kappa shape index (κ1) is 11.4. The minimum atomic E-state index is 0.424. The van der Waals surface area contributed by atoms with E-state index in [1.165, 1.54) is 25.7 Å². The summed E-state index contributed by atoms with van der Waals surface area (Å²) in [5.74, 6) is 1.10. The van der Waals surface area contributed by atoms with E-state index in [1.807, 2.05) is 17.8 Å². The molecule has 0 saturated heterocycles. The van der Waals surface area contributed by atoms with Crippen LogP contribution in [0.2, 0.25) is 0 Å². The molecule has 0 radical (unpaired) electrons. The second-order valence-electron chi connectivity index (χ2n) is 4.84. The van der Waals surface area contributed by atoms with E-state index in [9.17, 15) is 4.79 Å². The van der Waals surface area contributed by atoms with E-state index in [4.69, 9.17) is 0 Å². The number of carbonyl (C=O) groups is 1. The van der Waals surface area contributed by atoms with Crippen LogP contribution in [0.3, 0.4) is 0 Å². The van der Waals surface area contributed by atoms with Crippen LogP contribution in [0.25, 0.3) is 0 Å². The summed E-state index contributed by atoms with van der Waals surface area (Å²) in [6.07, 6.45) is 9.26. The summed E-state index contributed by atoms with van der Waals surface area (Å²) in [5.41, 5.74) is 1.15. The number of aryl methyl sites for hydroxylation is 2. The Hall–Kier alpha value is -1.12. The maximum atomic E-state index is 11.8. The summed E-state index contributed by atoms with van der Waals surface area (Å²) in [6, 6.07) is 1.99. The van der Waals surface area contributed by atoms with Gasteiger partial charge in [0, 0.05) is 31.8 Å². The Morgan fingerprint density at radius 2 is 2.25 bits per heavy atom. The molecule has 0 aliphatic heterocycles. The standard InChI is InChI=1S/C13H20N2O/c1-15-12(8-9-14-15)6-7-13(16)10-11-4-2-3-5-11/h8-9,11H,2-7,10H2,1H3. The largest absolute Gasteiger partial charge is 0.300 e. The molecule has 0 bridgehead atoms. The smallest absolute Gasteiger partial charge is 0.133 e. The van der Waals surface area contributed by atoms with Gasteiger partial charge in [-0.15, -0.1) is 0 Å². The first-order valence-corrected chi connectivity index (χ1v) is 6.24. The molecular formula is C13H20N2O. The first-order chi connectivity index (χ1) is 7.75. The third-order valence-corrected chi connectivity index (χ3v) is 3.57. The average Bonchev–Trinajstić information content (AvgIpc) is 2.87. The predicted octanol–water partition coefficient (Wildman–Crippen LogP) is 2.50. The molecule has 1 heterocycles. The molecule has 3 nitrogen and oxygen atoms in total. The van der Waals surface area contributed by atoms with Gasteiger partial charge in [-0.25, -0.2) is 0 Å². The summed E-state index contributed by atoms with van der Waals surface area (Å²) < 4.78 is 1.85. The van der Waals surface area contributed by atoms with Crippen LogP contribution in [0.4, 0.5) is 0 Å². The molecule has 0 unspecified atom stereocenters. The fourth-order valence-corrected chi connectivity index (χ4v) is 2.55. The number of rotatable bonds is 5. The number of hydrogen-bond donors (Lipinski definition) is 0. The molecule has 0 atom stereocenters. The van der Waals surface area contributed by atoms with Crippen LogP contribution in [-0.2, 0) is 18.3 Å². The van der Waals surface area contributed by atoms with Crippen LogP contribution in [0.15, 0.2) is 12.3 Å². The molecule has 1 aromatic rings. The van der Waals surface area contributed by atoms with E-state index in [0.717, 1.165) is 18.5 Å². The van der Waals surface area contributed by atoms with E-state index in [2.05, 4.69) is 5.10 Å². The number of Topliss-reactive ketones (excluding diaryl/α,β-unsaturated/α-hetero) is 1. The molecule has 1 aliphatic carbocycles. The van der Waals surface area contributed by atoms with Crippen molar-refractivity contribution in [2.24, 2.45) is 13.0 Å². The van der Waals surface area contributed by atoms with Crippen LogP contribution in [0, 0.1) is 5.92 Å². The second-order valence-corrected chi connectivity index (χ2v) is 4.84. The third-order valence-electron chi connectivity index (χ3n) is 3.57. The summed E-state index contributed by atoms with van der Waals surface area (Å²) in [5, 5.41) is 4.10. The van der Waals surface area contributed by atoms with Gasteiger partial charge in [0.05, 0.1) is 0 Å². The molecule has 1 saturated carbocycles. The first-order valence-electron chi connectivity index (χ1n) is 6.24. The quantitative estimate of drug-likeness (QED) is 0.764. The van der Waals surface area contributed by atoms with Crippen LogP contribution in [0.5, 0.6) is 0 Å². The van der Waals surface area contributed by atoms with Gasteiger partial charge in [0.2, 0.25) is 0 Å². The Morgan fingerprint density at radius 3 is 2.88 bits per heavy atom. The highest BCUT2D eigenvalue weighted by molar-refractivity contribution is 5.78. The normalized spacial score (nSPS) is 16.8. The number of nitrogens with zero attached hydrogens (tertiary/aromatic N) is 2. The highest BCUT2D eigenvalue weighted by Gasteiger charge is 2.18. The Morgan fingerprint density at radius 1 is 1.50 bits per heavy atom. The van der Waals surface area contributed by atoms with Crippen molar-refractivity contribution in [3.05, 3.63) is 18.0 Å². The molecule has 0 N–H and O–H groups in total. The van der Waals surface area contributed by atoms with Crippen molar-refractivity contribution in [2.75, 3.05) is 0 Å². The van der Waals surface area contributed by atoms with Crippen LogP contribution in [-0.4, -0.2) is 15.6 Å². The van der Waals surface area contributed by atoms with Gasteiger partial charge in [-0.1, -0.05) is 25.7 Å². The highest BCUT2D eigenvalue weighted by atomic mass is 16.1. The van der Waals surface area contributed by atoms with Gasteiger partial charge < -0.3 is 0 Å². The molecule has 88 valence electrons. The summed E-state index contributed by atoms with van der Waals surface area (Å²) >= 11 is 0. The molecule has 0 amide bonds. The number of carbonyl (C=O) groups excluding carboxylic acids is 1. The molecule has 16 heavy (non-hydrogen) atoms. The Bertz CT molecular complexity index is 351. The third kappa shape index (κ3) is 2.94. The van der Waals surface area contributed by atoms with E-state index in [-0.39, 0.29) is 0 Å². The fourth-order valence-electron chi connectivity index (χ4n) is 2.55. The lowest BCUT2D eigenvalue weighted by Gasteiger charge is -2.07. The summed E-state index contributed by atoms with van der Waals surface area (Å²) in [4.78, 5) is 11.8. The van der Waals surface area contributed by atoms with Gasteiger partial charge in [0.1, 0.15) is 5.78 Å². The van der Waals surface area contributed by atoms with Crippen molar-refractivity contribution < 1.29 is 4.79 Å². The highest BCUT2D eigenvalue weighted by Crippen LogP contribution is 2.28. The molecular weight excluding hydrogens is 200 g/mol. The Balaban J connectivity index is 1.73. The number of aromatic nitrogens is 2. The van der Waals surface area contributed by atoms with Gasteiger partial charge in [0.15, 0.2) is 0 Å². The van der Waals surface area contributed by atoms with E-state index >= 15 is 0 Å². The lowest BCUT2D eigenvalue weighted by molar-refractivity contribution is -0.119. The molecule has 1 fully saturated rings. The van der Waals surface area contributed by atoms with Crippen LogP contribution >= 0.6 is 0 Å². The summed E-state index contributed by atoms with van der Waals surface area (Å²) in [6.45, 7) is 0. The van der Waals surface area contributed by atoms with E-state index in [0.29, 0.717) is 18.1 Å². The minimum absolute atomic E-state index is 0.424.